The SMILES string of the molecule is CCCc1c(C(=O)Nc2ccc(CC(=O)NC(C)C)cc2)[nH]c(C)c1C(C)=O. The fraction of sp³-hybridized carbons (Fsp3) is 0.409. The highest BCUT2D eigenvalue weighted by Gasteiger charge is 2.22. The molecule has 0 bridgehead atoms. The standard InChI is InChI=1S/C22H29N3O3/c1-6-7-18-20(15(5)26)14(4)24-21(18)22(28)25-17-10-8-16(9-11-17)12-19(27)23-13(2)3/h8-11,13,24H,6-7,12H2,1-5H3,(H,23,27)(H,25,28). The van der Waals surface area contributed by atoms with Gasteiger partial charge in [-0.05, 0) is 57.4 Å². The summed E-state index contributed by atoms with van der Waals surface area (Å²) in [6, 6.07) is 7.30. The molecule has 0 aliphatic rings. The monoisotopic (exact) mass is 383 g/mol. The molecule has 0 atom stereocenters. The second-order valence-corrected chi connectivity index (χ2v) is 7.33. The number of Topliss-reactive ketones (excluding diaryl/α,β-unsaturated/α-hetero) is 1. The van der Waals surface area contributed by atoms with Crippen molar-refractivity contribution < 1.29 is 14.4 Å². The smallest absolute Gasteiger partial charge is 0.272 e. The number of carbonyl (C=O) groups excluding carboxylic acids is 3. The Morgan fingerprint density at radius 2 is 1.75 bits per heavy atom. The molecule has 1 aromatic heterocycles. The summed E-state index contributed by atoms with van der Waals surface area (Å²) in [5.74, 6) is -0.348. The zero-order chi connectivity index (χ0) is 20.8. The number of benzene rings is 1. The van der Waals surface area contributed by atoms with Crippen molar-refractivity contribution in [2.75, 3.05) is 5.32 Å². The number of carbonyl (C=O) groups is 3. The molecule has 1 aromatic carbocycles. The van der Waals surface area contributed by atoms with E-state index >= 15 is 0 Å². The van der Waals surface area contributed by atoms with Crippen LogP contribution in [0.2, 0.25) is 0 Å². The van der Waals surface area contributed by atoms with Gasteiger partial charge in [0.05, 0.1) is 6.42 Å². The van der Waals surface area contributed by atoms with Crippen molar-refractivity contribution >= 4 is 23.3 Å². The van der Waals surface area contributed by atoms with Crippen molar-refractivity contribution in [3.8, 4) is 0 Å². The highest BCUT2D eigenvalue weighted by Crippen LogP contribution is 2.22. The number of anilines is 1. The maximum absolute atomic E-state index is 12.8. The molecule has 0 saturated carbocycles. The minimum Gasteiger partial charge on any atom is -0.354 e. The van der Waals surface area contributed by atoms with E-state index in [9.17, 15) is 14.4 Å². The number of aryl methyl sites for hydroxylation is 1. The number of hydrogen-bond acceptors (Lipinski definition) is 3. The highest BCUT2D eigenvalue weighted by molar-refractivity contribution is 6.07. The van der Waals surface area contributed by atoms with Gasteiger partial charge in [-0.1, -0.05) is 25.5 Å². The molecule has 0 saturated heterocycles. The summed E-state index contributed by atoms with van der Waals surface area (Å²) in [6.07, 6.45) is 1.79. The van der Waals surface area contributed by atoms with E-state index in [2.05, 4.69) is 15.6 Å². The first-order valence-corrected chi connectivity index (χ1v) is 9.64. The van der Waals surface area contributed by atoms with Crippen LogP contribution in [-0.4, -0.2) is 28.6 Å². The van der Waals surface area contributed by atoms with E-state index in [1.165, 1.54) is 6.92 Å². The normalized spacial score (nSPS) is 10.8. The molecule has 0 spiro atoms. The lowest BCUT2D eigenvalue weighted by Gasteiger charge is -2.10. The van der Waals surface area contributed by atoms with E-state index in [0.717, 1.165) is 17.5 Å². The van der Waals surface area contributed by atoms with E-state index in [0.29, 0.717) is 35.5 Å². The summed E-state index contributed by atoms with van der Waals surface area (Å²) in [5, 5.41) is 5.72. The molecule has 2 amide bonds. The maximum atomic E-state index is 12.8. The first-order valence-electron chi connectivity index (χ1n) is 9.64. The maximum Gasteiger partial charge on any atom is 0.272 e. The number of aromatic nitrogens is 1. The van der Waals surface area contributed by atoms with Crippen LogP contribution in [0, 0.1) is 6.92 Å². The van der Waals surface area contributed by atoms with Crippen molar-refractivity contribution in [3.05, 3.63) is 52.3 Å². The third-order valence-electron chi connectivity index (χ3n) is 4.40. The van der Waals surface area contributed by atoms with Crippen molar-refractivity contribution in [1.29, 1.82) is 0 Å². The van der Waals surface area contributed by atoms with E-state index in [1.807, 2.05) is 39.8 Å². The fourth-order valence-corrected chi connectivity index (χ4v) is 3.31. The second kappa shape index (κ2) is 9.35. The Bertz CT molecular complexity index is 864. The summed E-state index contributed by atoms with van der Waals surface area (Å²) < 4.78 is 0. The predicted octanol–water partition coefficient (Wildman–Crippen LogP) is 3.80. The molecule has 3 N–H and O–H groups in total. The summed E-state index contributed by atoms with van der Waals surface area (Å²) >= 11 is 0. The Hall–Kier alpha value is -2.89. The lowest BCUT2D eigenvalue weighted by Crippen LogP contribution is -2.31. The molecule has 2 rings (SSSR count). The van der Waals surface area contributed by atoms with E-state index < -0.39 is 0 Å². The molecule has 1 heterocycles. The van der Waals surface area contributed by atoms with Gasteiger partial charge in [0.1, 0.15) is 5.69 Å². The molecule has 150 valence electrons. The third-order valence-corrected chi connectivity index (χ3v) is 4.40. The average molecular weight is 383 g/mol. The summed E-state index contributed by atoms with van der Waals surface area (Å²) in [4.78, 5) is 39.6. The Morgan fingerprint density at radius 1 is 1.11 bits per heavy atom. The number of amides is 2. The van der Waals surface area contributed by atoms with Crippen molar-refractivity contribution in [3.63, 3.8) is 0 Å². The van der Waals surface area contributed by atoms with Gasteiger partial charge in [0.2, 0.25) is 5.91 Å². The lowest BCUT2D eigenvalue weighted by molar-refractivity contribution is -0.120. The van der Waals surface area contributed by atoms with Crippen molar-refractivity contribution in [2.24, 2.45) is 0 Å². The molecule has 0 aliphatic carbocycles. The Labute approximate surface area is 166 Å². The van der Waals surface area contributed by atoms with Gasteiger partial charge in [-0.25, -0.2) is 0 Å². The zero-order valence-electron chi connectivity index (χ0n) is 17.2. The Balaban J connectivity index is 2.14. The zero-order valence-corrected chi connectivity index (χ0v) is 17.2. The molecule has 28 heavy (non-hydrogen) atoms. The van der Waals surface area contributed by atoms with E-state index in [4.69, 9.17) is 0 Å². The van der Waals surface area contributed by atoms with Gasteiger partial charge in [0.25, 0.3) is 5.91 Å². The number of nitrogens with one attached hydrogen (secondary N) is 3. The average Bonchev–Trinajstić information content (AvgIpc) is 2.92. The number of ketones is 1. The van der Waals surface area contributed by atoms with Gasteiger partial charge in [-0.3, -0.25) is 14.4 Å². The molecule has 0 radical (unpaired) electrons. The highest BCUT2D eigenvalue weighted by atomic mass is 16.2. The lowest BCUT2D eigenvalue weighted by atomic mass is 10.0. The van der Waals surface area contributed by atoms with Crippen LogP contribution in [0.15, 0.2) is 24.3 Å². The Morgan fingerprint density at radius 3 is 2.29 bits per heavy atom. The molecule has 6 heteroatoms. The topological polar surface area (TPSA) is 91.1 Å². The van der Waals surface area contributed by atoms with Crippen LogP contribution in [0.3, 0.4) is 0 Å². The minimum atomic E-state index is -0.274. The van der Waals surface area contributed by atoms with Gasteiger partial charge in [-0.15, -0.1) is 0 Å². The van der Waals surface area contributed by atoms with Crippen LogP contribution in [0.1, 0.15) is 71.8 Å². The molecular formula is C22H29N3O3. The number of hydrogen-bond donors (Lipinski definition) is 3. The largest absolute Gasteiger partial charge is 0.354 e. The number of aromatic amines is 1. The summed E-state index contributed by atoms with van der Waals surface area (Å²) in [6.45, 7) is 9.18. The van der Waals surface area contributed by atoms with Gasteiger partial charge in [-0.2, -0.15) is 0 Å². The van der Waals surface area contributed by atoms with Crippen LogP contribution in [0.4, 0.5) is 5.69 Å². The second-order valence-electron chi connectivity index (χ2n) is 7.33. The van der Waals surface area contributed by atoms with E-state index in [1.54, 1.807) is 12.1 Å². The first-order chi connectivity index (χ1) is 13.2. The first kappa shape index (κ1) is 21.4. The van der Waals surface area contributed by atoms with Gasteiger partial charge in [0.15, 0.2) is 5.78 Å². The van der Waals surface area contributed by atoms with Gasteiger partial charge < -0.3 is 15.6 Å². The molecule has 0 aliphatic heterocycles. The van der Waals surface area contributed by atoms with Crippen LogP contribution in [0.25, 0.3) is 0 Å². The van der Waals surface area contributed by atoms with Crippen molar-refractivity contribution in [1.82, 2.24) is 10.3 Å². The van der Waals surface area contributed by atoms with Gasteiger partial charge in [0, 0.05) is 23.0 Å². The number of H-pyrrole nitrogens is 1. The molecule has 6 nitrogen and oxygen atoms in total. The molecule has 0 fully saturated rings. The van der Waals surface area contributed by atoms with Crippen molar-refractivity contribution in [2.45, 2.75) is 59.9 Å². The summed E-state index contributed by atoms with van der Waals surface area (Å²) in [5.41, 5.74) is 4.04. The van der Waals surface area contributed by atoms with E-state index in [-0.39, 0.29) is 23.6 Å². The minimum absolute atomic E-state index is 0.0328. The molecule has 0 unspecified atom stereocenters. The fourth-order valence-electron chi connectivity index (χ4n) is 3.31. The Kier molecular flexibility index (Phi) is 7.15. The molecular weight excluding hydrogens is 354 g/mol. The number of rotatable bonds is 8. The van der Waals surface area contributed by atoms with Crippen LogP contribution >= 0.6 is 0 Å². The third kappa shape index (κ3) is 5.31. The van der Waals surface area contributed by atoms with Crippen LogP contribution in [-0.2, 0) is 17.6 Å². The predicted molar refractivity (Wildman–Crippen MR) is 111 cm³/mol. The van der Waals surface area contributed by atoms with Crippen LogP contribution < -0.4 is 10.6 Å². The summed E-state index contributed by atoms with van der Waals surface area (Å²) in [7, 11) is 0. The molecule has 2 aromatic rings. The van der Waals surface area contributed by atoms with Gasteiger partial charge >= 0.3 is 0 Å². The van der Waals surface area contributed by atoms with Crippen LogP contribution in [0.5, 0.6) is 0 Å². The quantitative estimate of drug-likeness (QED) is 0.606.